The van der Waals surface area contributed by atoms with Crippen LogP contribution in [0.5, 0.6) is 0 Å². The van der Waals surface area contributed by atoms with Crippen LogP contribution in [-0.2, 0) is 0 Å². The summed E-state index contributed by atoms with van der Waals surface area (Å²) < 4.78 is 1.17. The molecule has 4 heteroatoms. The Hall–Kier alpha value is -1.29. The number of rotatable bonds is 4. The van der Waals surface area contributed by atoms with E-state index in [-0.39, 0.29) is 0 Å². The van der Waals surface area contributed by atoms with E-state index >= 15 is 0 Å². The highest BCUT2D eigenvalue weighted by Crippen LogP contribution is 2.31. The Balaban J connectivity index is 2.40. The van der Waals surface area contributed by atoms with E-state index in [0.29, 0.717) is 6.04 Å². The second-order valence-electron chi connectivity index (χ2n) is 4.51. The Labute approximate surface area is 106 Å². The van der Waals surface area contributed by atoms with Crippen LogP contribution < -0.4 is 10.6 Å². The maximum atomic E-state index is 5.79. The van der Waals surface area contributed by atoms with E-state index in [4.69, 9.17) is 5.73 Å². The zero-order valence-corrected chi connectivity index (χ0v) is 11.4. The van der Waals surface area contributed by atoms with E-state index in [1.807, 2.05) is 18.2 Å². The van der Waals surface area contributed by atoms with Crippen LogP contribution >= 0.6 is 11.3 Å². The van der Waals surface area contributed by atoms with E-state index < -0.39 is 0 Å². The van der Waals surface area contributed by atoms with Crippen LogP contribution in [0.4, 0.5) is 10.8 Å². The molecule has 1 aromatic carbocycles. The van der Waals surface area contributed by atoms with Crippen molar-refractivity contribution in [3.63, 3.8) is 0 Å². The molecule has 0 saturated carbocycles. The molecule has 3 nitrogen and oxygen atoms in total. The van der Waals surface area contributed by atoms with E-state index in [0.717, 1.165) is 29.3 Å². The number of hydrogen-bond donors (Lipinski definition) is 1. The molecular weight excluding hydrogens is 230 g/mol. The summed E-state index contributed by atoms with van der Waals surface area (Å²) in [5.74, 6) is 0. The zero-order chi connectivity index (χ0) is 12.4. The lowest BCUT2D eigenvalue weighted by atomic mass is 10.3. The molecule has 2 N–H and O–H groups in total. The molecule has 0 fully saturated rings. The highest BCUT2D eigenvalue weighted by molar-refractivity contribution is 7.22. The molecule has 0 aliphatic rings. The van der Waals surface area contributed by atoms with Crippen LogP contribution in [0, 0.1) is 0 Å². The molecule has 0 bridgehead atoms. The first kappa shape index (κ1) is 12.2. The third-order valence-electron chi connectivity index (χ3n) is 2.73. The molecule has 1 aromatic heterocycles. The van der Waals surface area contributed by atoms with Gasteiger partial charge in [-0.2, -0.15) is 0 Å². The van der Waals surface area contributed by atoms with Gasteiger partial charge in [0.1, 0.15) is 0 Å². The van der Waals surface area contributed by atoms with Gasteiger partial charge in [-0.25, -0.2) is 4.98 Å². The summed E-state index contributed by atoms with van der Waals surface area (Å²) in [6.07, 6.45) is 1.14. The first-order chi connectivity index (χ1) is 8.11. The Morgan fingerprint density at radius 1 is 1.41 bits per heavy atom. The first-order valence-corrected chi connectivity index (χ1v) is 6.86. The number of nitrogens with two attached hydrogens (primary N) is 1. The Kier molecular flexibility index (Phi) is 3.52. The minimum atomic E-state index is 0.479. The number of thiazole rings is 1. The summed E-state index contributed by atoms with van der Waals surface area (Å²) >= 11 is 1.72. The lowest BCUT2D eigenvalue weighted by molar-refractivity contribution is 0.670. The fraction of sp³-hybridized carbons (Fsp3) is 0.462. The summed E-state index contributed by atoms with van der Waals surface area (Å²) in [6, 6.07) is 6.38. The molecule has 1 heterocycles. The third-order valence-corrected chi connectivity index (χ3v) is 3.79. The predicted molar refractivity (Wildman–Crippen MR) is 76.8 cm³/mol. The summed E-state index contributed by atoms with van der Waals surface area (Å²) in [4.78, 5) is 7.03. The maximum absolute atomic E-state index is 5.79. The molecule has 17 heavy (non-hydrogen) atoms. The standard InChI is InChI=1S/C13H19N3S/c1-4-7-16(9(2)3)13-15-11-6-5-10(14)8-12(11)17-13/h5-6,8-9H,4,7,14H2,1-3H3. The second-order valence-corrected chi connectivity index (χ2v) is 5.52. The second kappa shape index (κ2) is 4.92. The Morgan fingerprint density at radius 3 is 2.82 bits per heavy atom. The van der Waals surface area contributed by atoms with Gasteiger partial charge in [0.2, 0.25) is 0 Å². The Morgan fingerprint density at radius 2 is 2.18 bits per heavy atom. The smallest absolute Gasteiger partial charge is 0.186 e. The molecule has 2 aromatic rings. The van der Waals surface area contributed by atoms with Crippen molar-refractivity contribution in [2.24, 2.45) is 0 Å². The van der Waals surface area contributed by atoms with Gasteiger partial charge in [-0.3, -0.25) is 0 Å². The number of nitrogen functional groups attached to an aromatic ring is 1. The van der Waals surface area contributed by atoms with Crippen LogP contribution in [-0.4, -0.2) is 17.6 Å². The largest absolute Gasteiger partial charge is 0.399 e. The fourth-order valence-corrected chi connectivity index (χ4v) is 3.04. The van der Waals surface area contributed by atoms with E-state index in [2.05, 4.69) is 30.7 Å². The molecule has 0 aliphatic heterocycles. The van der Waals surface area contributed by atoms with Crippen molar-refractivity contribution in [3.05, 3.63) is 18.2 Å². The summed E-state index contributed by atoms with van der Waals surface area (Å²) in [5, 5.41) is 1.10. The van der Waals surface area contributed by atoms with E-state index in [1.165, 1.54) is 4.70 Å². The van der Waals surface area contributed by atoms with Crippen LogP contribution in [0.1, 0.15) is 27.2 Å². The van der Waals surface area contributed by atoms with Gasteiger partial charge in [-0.05, 0) is 38.5 Å². The molecule has 2 rings (SSSR count). The average Bonchev–Trinajstić information content (AvgIpc) is 2.67. The molecule has 92 valence electrons. The van der Waals surface area contributed by atoms with E-state index in [1.54, 1.807) is 11.3 Å². The summed E-state index contributed by atoms with van der Waals surface area (Å²) in [6.45, 7) is 7.65. The summed E-state index contributed by atoms with van der Waals surface area (Å²) in [7, 11) is 0. The fourth-order valence-electron chi connectivity index (χ4n) is 1.87. The molecule has 0 radical (unpaired) electrons. The van der Waals surface area contributed by atoms with Gasteiger partial charge >= 0.3 is 0 Å². The number of anilines is 2. The molecule has 0 amide bonds. The van der Waals surface area contributed by atoms with E-state index in [9.17, 15) is 0 Å². The first-order valence-electron chi connectivity index (χ1n) is 6.04. The van der Waals surface area contributed by atoms with Gasteiger partial charge < -0.3 is 10.6 Å². The Bertz CT molecular complexity index is 504. The molecular formula is C13H19N3S. The van der Waals surface area contributed by atoms with Crippen molar-refractivity contribution >= 4 is 32.4 Å². The van der Waals surface area contributed by atoms with Crippen LogP contribution in [0.15, 0.2) is 18.2 Å². The number of nitrogens with zero attached hydrogens (tertiary/aromatic N) is 2. The molecule has 0 spiro atoms. The van der Waals surface area contributed by atoms with Gasteiger partial charge in [-0.1, -0.05) is 18.3 Å². The van der Waals surface area contributed by atoms with Crippen LogP contribution in [0.25, 0.3) is 10.2 Å². The number of benzene rings is 1. The monoisotopic (exact) mass is 249 g/mol. The molecule has 0 atom stereocenters. The lowest BCUT2D eigenvalue weighted by Crippen LogP contribution is -2.31. The van der Waals surface area contributed by atoms with Gasteiger partial charge in [0.05, 0.1) is 10.2 Å². The minimum Gasteiger partial charge on any atom is -0.399 e. The average molecular weight is 249 g/mol. The quantitative estimate of drug-likeness (QED) is 0.843. The highest BCUT2D eigenvalue weighted by atomic mass is 32.1. The van der Waals surface area contributed by atoms with Crippen LogP contribution in [0.2, 0.25) is 0 Å². The third kappa shape index (κ3) is 2.52. The normalized spacial score (nSPS) is 11.3. The number of fused-ring (bicyclic) bond motifs is 1. The van der Waals surface area contributed by atoms with Crippen molar-refractivity contribution in [1.29, 1.82) is 0 Å². The maximum Gasteiger partial charge on any atom is 0.186 e. The van der Waals surface area contributed by atoms with Crippen molar-refractivity contribution in [3.8, 4) is 0 Å². The van der Waals surface area contributed by atoms with Crippen molar-refractivity contribution in [2.45, 2.75) is 33.2 Å². The van der Waals surface area contributed by atoms with Gasteiger partial charge in [-0.15, -0.1) is 0 Å². The lowest BCUT2D eigenvalue weighted by Gasteiger charge is -2.25. The van der Waals surface area contributed by atoms with Gasteiger partial charge in [0.25, 0.3) is 0 Å². The van der Waals surface area contributed by atoms with Gasteiger partial charge in [0, 0.05) is 18.3 Å². The van der Waals surface area contributed by atoms with Crippen molar-refractivity contribution < 1.29 is 0 Å². The predicted octanol–water partition coefficient (Wildman–Crippen LogP) is 3.50. The topological polar surface area (TPSA) is 42.2 Å². The van der Waals surface area contributed by atoms with Crippen molar-refractivity contribution in [2.75, 3.05) is 17.2 Å². The number of aromatic nitrogens is 1. The summed E-state index contributed by atoms with van der Waals surface area (Å²) in [5.41, 5.74) is 7.64. The minimum absolute atomic E-state index is 0.479. The molecule has 0 saturated heterocycles. The van der Waals surface area contributed by atoms with Crippen LogP contribution in [0.3, 0.4) is 0 Å². The number of hydrogen-bond acceptors (Lipinski definition) is 4. The zero-order valence-electron chi connectivity index (χ0n) is 10.6. The van der Waals surface area contributed by atoms with Gasteiger partial charge in [0.15, 0.2) is 5.13 Å². The SMILES string of the molecule is CCCN(c1nc2ccc(N)cc2s1)C(C)C. The highest BCUT2D eigenvalue weighted by Gasteiger charge is 2.14. The molecule has 0 aliphatic carbocycles. The molecule has 0 unspecified atom stereocenters. The van der Waals surface area contributed by atoms with Crippen molar-refractivity contribution in [1.82, 2.24) is 4.98 Å².